The Bertz CT molecular complexity index is 937. The molecule has 9 nitrogen and oxygen atoms in total. The predicted molar refractivity (Wildman–Crippen MR) is 100 cm³/mol. The van der Waals surface area contributed by atoms with Gasteiger partial charge in [-0.3, -0.25) is 19.1 Å². The molecular weight excluding hydrogens is 405 g/mol. The molecule has 2 saturated heterocycles. The average Bonchev–Trinajstić information content (AvgIpc) is 3.18. The van der Waals surface area contributed by atoms with Crippen molar-refractivity contribution in [3.8, 4) is 5.75 Å². The summed E-state index contributed by atoms with van der Waals surface area (Å²) in [5, 5.41) is 10.5. The summed E-state index contributed by atoms with van der Waals surface area (Å²) in [4.78, 5) is 30.6. The van der Waals surface area contributed by atoms with Gasteiger partial charge in [-0.25, -0.2) is 4.31 Å². The molecule has 3 atom stereocenters. The van der Waals surface area contributed by atoms with Crippen molar-refractivity contribution in [2.24, 2.45) is 4.99 Å². The van der Waals surface area contributed by atoms with Gasteiger partial charge in [0.05, 0.1) is 6.04 Å². The first-order chi connectivity index (χ1) is 12.3. The van der Waals surface area contributed by atoms with Gasteiger partial charge in [-0.15, -0.1) is 11.8 Å². The van der Waals surface area contributed by atoms with Gasteiger partial charge < -0.3 is 10.0 Å². The summed E-state index contributed by atoms with van der Waals surface area (Å²) >= 11 is 1.34. The Morgan fingerprint density at radius 1 is 1.30 bits per heavy atom. The van der Waals surface area contributed by atoms with Gasteiger partial charge in [-0.05, 0) is 18.6 Å². The Labute approximate surface area is 182 Å². The molecule has 3 heterocycles. The molecule has 4 rings (SSSR count). The van der Waals surface area contributed by atoms with Crippen molar-refractivity contribution < 1.29 is 27.7 Å². The van der Waals surface area contributed by atoms with Crippen LogP contribution in [0.2, 0.25) is 0 Å². The molecule has 2 amide bonds. The third kappa shape index (κ3) is 3.40. The molecule has 1 aromatic rings. The number of amides is 2. The summed E-state index contributed by atoms with van der Waals surface area (Å²) in [5.74, 6) is -0.684. The van der Waals surface area contributed by atoms with Crippen LogP contribution in [0.4, 0.5) is 0 Å². The van der Waals surface area contributed by atoms with E-state index in [0.717, 1.165) is 0 Å². The molecule has 12 heteroatoms. The predicted octanol–water partition coefficient (Wildman–Crippen LogP) is -0.780. The number of fused-ring (bicyclic) bond motifs is 1. The van der Waals surface area contributed by atoms with Crippen LogP contribution in [-0.2, 0) is 19.9 Å². The van der Waals surface area contributed by atoms with Crippen molar-refractivity contribution >= 4 is 68.5 Å². The van der Waals surface area contributed by atoms with Crippen LogP contribution >= 0.6 is 11.8 Å². The Morgan fingerprint density at radius 2 is 2.00 bits per heavy atom. The number of aliphatic imine (C=N–C) groups is 1. The fourth-order valence-corrected chi connectivity index (χ4v) is 5.52. The monoisotopic (exact) mass is 421 g/mol. The summed E-state index contributed by atoms with van der Waals surface area (Å²) in [5.41, 5.74) is 0.546. The van der Waals surface area contributed by atoms with E-state index in [1.54, 1.807) is 18.2 Å². The first-order valence-electron chi connectivity index (χ1n) is 7.89. The van der Waals surface area contributed by atoms with Crippen molar-refractivity contribution in [1.29, 1.82) is 0 Å². The molecule has 0 aliphatic carbocycles. The number of nitrogens with zero attached hydrogens (tertiary/aromatic N) is 3. The molecule has 0 spiro atoms. The first kappa shape index (κ1) is 20.6. The number of β-lactam (4-membered cyclic amide) rings is 1. The van der Waals surface area contributed by atoms with Gasteiger partial charge >= 0.3 is 39.9 Å². The van der Waals surface area contributed by atoms with Gasteiger partial charge in [-0.2, -0.15) is 8.42 Å². The normalized spacial score (nSPS) is 26.9. The van der Waals surface area contributed by atoms with Gasteiger partial charge in [0.15, 0.2) is 0 Å². The third-order valence-corrected chi connectivity index (χ3v) is 6.77. The molecular formula is C15H16N3NaO6S2. The van der Waals surface area contributed by atoms with E-state index in [1.165, 1.54) is 22.7 Å². The number of likely N-dealkylation sites (tertiary alicyclic amines) is 1. The zero-order valence-corrected chi connectivity index (χ0v) is 15.0. The Hall–Kier alpha value is -1.11. The minimum absolute atomic E-state index is 0. The van der Waals surface area contributed by atoms with Crippen molar-refractivity contribution in [1.82, 2.24) is 9.21 Å². The van der Waals surface area contributed by atoms with E-state index >= 15 is 0 Å². The SMILES string of the molecule is O=C([C@H]1CSC(c2ccccc2O)=N1)N1CC[C@@H]2[C@H]1C(=O)N2S(=O)(=O)O.[NaH]. The summed E-state index contributed by atoms with van der Waals surface area (Å²) in [6.07, 6.45) is 0.290. The zero-order valence-electron chi connectivity index (χ0n) is 13.3. The fraction of sp³-hybridized carbons (Fsp3) is 0.400. The summed E-state index contributed by atoms with van der Waals surface area (Å²) in [6, 6.07) is 4.43. The van der Waals surface area contributed by atoms with Crippen molar-refractivity contribution in [2.75, 3.05) is 12.3 Å². The number of aromatic hydroxyl groups is 1. The standard InChI is InChI=1S/C15H15N3O6S2.Na.H/c19-11-4-2-1-3-8(11)13-16-9(7-25-13)14(20)17-6-5-10-12(17)15(21)18(10)26(22,23)24;;/h1-4,9-10,12,19H,5-7H2,(H,22,23,24);;/t9-,10-,12+;;/m1../s1. The van der Waals surface area contributed by atoms with E-state index in [4.69, 9.17) is 4.55 Å². The summed E-state index contributed by atoms with van der Waals surface area (Å²) < 4.78 is 32.0. The molecule has 0 saturated carbocycles. The van der Waals surface area contributed by atoms with E-state index in [9.17, 15) is 23.1 Å². The van der Waals surface area contributed by atoms with Crippen LogP contribution in [0, 0.1) is 0 Å². The summed E-state index contributed by atoms with van der Waals surface area (Å²) in [7, 11) is -4.60. The number of hydrogen-bond donors (Lipinski definition) is 2. The average molecular weight is 421 g/mol. The van der Waals surface area contributed by atoms with Gasteiger partial charge in [0.2, 0.25) is 5.91 Å². The van der Waals surface area contributed by atoms with Crippen molar-refractivity contribution in [3.63, 3.8) is 0 Å². The molecule has 0 bridgehead atoms. The molecule has 2 fully saturated rings. The Balaban J connectivity index is 0.00000210. The number of phenolic OH excluding ortho intramolecular Hbond substituents is 1. The van der Waals surface area contributed by atoms with Gasteiger partial charge in [0.1, 0.15) is 22.9 Å². The molecule has 140 valence electrons. The quantitative estimate of drug-likeness (QED) is 0.372. The van der Waals surface area contributed by atoms with Crippen molar-refractivity contribution in [3.05, 3.63) is 29.8 Å². The molecule has 1 aromatic carbocycles. The Morgan fingerprint density at radius 3 is 2.67 bits per heavy atom. The van der Waals surface area contributed by atoms with E-state index < -0.39 is 34.3 Å². The van der Waals surface area contributed by atoms with Gasteiger partial charge in [0, 0.05) is 17.9 Å². The second kappa shape index (κ2) is 7.37. The van der Waals surface area contributed by atoms with E-state index in [1.807, 2.05) is 0 Å². The maximum atomic E-state index is 12.8. The van der Waals surface area contributed by atoms with Crippen molar-refractivity contribution in [2.45, 2.75) is 24.5 Å². The molecule has 0 unspecified atom stereocenters. The van der Waals surface area contributed by atoms with Crippen LogP contribution in [-0.4, -0.2) is 104 Å². The molecule has 0 aromatic heterocycles. The Kier molecular flexibility index (Phi) is 5.63. The van der Waals surface area contributed by atoms with Crippen LogP contribution < -0.4 is 0 Å². The number of hydrogen-bond acceptors (Lipinski definition) is 7. The third-order valence-electron chi connectivity index (χ3n) is 4.74. The first-order valence-corrected chi connectivity index (χ1v) is 10.3. The van der Waals surface area contributed by atoms with Crippen LogP contribution in [0.15, 0.2) is 29.3 Å². The van der Waals surface area contributed by atoms with E-state index in [0.29, 0.717) is 20.7 Å². The molecule has 3 aliphatic heterocycles. The number of para-hydroxylation sites is 1. The number of thioether (sulfide) groups is 1. The number of benzene rings is 1. The zero-order chi connectivity index (χ0) is 18.6. The minimum atomic E-state index is -4.60. The number of rotatable bonds is 3. The van der Waals surface area contributed by atoms with E-state index in [-0.39, 0.29) is 54.2 Å². The van der Waals surface area contributed by atoms with E-state index in [2.05, 4.69) is 4.99 Å². The number of phenols is 1. The second-order valence-corrected chi connectivity index (χ2v) is 8.52. The maximum absolute atomic E-state index is 12.8. The van der Waals surface area contributed by atoms with Crippen LogP contribution in [0.3, 0.4) is 0 Å². The van der Waals surface area contributed by atoms with Crippen LogP contribution in [0.1, 0.15) is 12.0 Å². The molecule has 0 radical (unpaired) electrons. The molecule has 2 N–H and O–H groups in total. The number of carbonyl (C=O) groups excluding carboxylic acids is 2. The van der Waals surface area contributed by atoms with Gasteiger partial charge in [0.25, 0.3) is 5.91 Å². The summed E-state index contributed by atoms with van der Waals surface area (Å²) in [6.45, 7) is 0.231. The topological polar surface area (TPSA) is 128 Å². The van der Waals surface area contributed by atoms with Gasteiger partial charge in [-0.1, -0.05) is 12.1 Å². The molecule has 3 aliphatic rings. The number of carbonyl (C=O) groups is 2. The van der Waals surface area contributed by atoms with Crippen LogP contribution in [0.25, 0.3) is 0 Å². The van der Waals surface area contributed by atoms with Crippen LogP contribution in [0.5, 0.6) is 5.75 Å². The second-order valence-electron chi connectivity index (χ2n) is 6.22. The fourth-order valence-electron chi connectivity index (χ4n) is 3.56. The molecule has 27 heavy (non-hydrogen) atoms.